The first-order valence-corrected chi connectivity index (χ1v) is 10.7. The number of hydrogen-bond acceptors (Lipinski definition) is 6. The van der Waals surface area contributed by atoms with E-state index in [0.29, 0.717) is 16.5 Å². The Balaban J connectivity index is 1.99. The lowest BCUT2D eigenvalue weighted by Crippen LogP contribution is -2.47. The molecule has 9 heteroatoms. The molecule has 0 saturated carbocycles. The highest BCUT2D eigenvalue weighted by Gasteiger charge is 2.30. The Morgan fingerprint density at radius 1 is 1.10 bits per heavy atom. The SMILES string of the molecule is CCOC(=O)NN(C(=O)OCC)c1c(-c2ccccc2)nc2sc3cc(C)ccc3n12. The number of aromatic nitrogens is 2. The van der Waals surface area contributed by atoms with Gasteiger partial charge in [-0.25, -0.2) is 20.0 Å². The van der Waals surface area contributed by atoms with Crippen molar-refractivity contribution in [1.29, 1.82) is 0 Å². The topological polar surface area (TPSA) is 85.2 Å². The maximum atomic E-state index is 12.9. The van der Waals surface area contributed by atoms with Gasteiger partial charge < -0.3 is 9.47 Å². The largest absolute Gasteiger partial charge is 0.449 e. The van der Waals surface area contributed by atoms with Gasteiger partial charge in [-0.15, -0.1) is 0 Å². The summed E-state index contributed by atoms with van der Waals surface area (Å²) in [5.74, 6) is 0.378. The van der Waals surface area contributed by atoms with Gasteiger partial charge in [0, 0.05) is 5.56 Å². The summed E-state index contributed by atoms with van der Waals surface area (Å²) >= 11 is 1.51. The summed E-state index contributed by atoms with van der Waals surface area (Å²) in [6.45, 7) is 5.72. The number of rotatable bonds is 4. The molecule has 0 aliphatic heterocycles. The molecule has 4 aromatic rings. The molecular weight excluding hydrogens is 416 g/mol. The third kappa shape index (κ3) is 3.91. The molecule has 4 rings (SSSR count). The van der Waals surface area contributed by atoms with Gasteiger partial charge in [0.1, 0.15) is 5.69 Å². The van der Waals surface area contributed by atoms with Crippen molar-refractivity contribution in [2.75, 3.05) is 18.2 Å². The Labute approximate surface area is 183 Å². The lowest BCUT2D eigenvalue weighted by molar-refractivity contribution is 0.138. The van der Waals surface area contributed by atoms with Crippen molar-refractivity contribution in [3.8, 4) is 11.3 Å². The zero-order valence-electron chi connectivity index (χ0n) is 17.4. The normalized spacial score (nSPS) is 10.9. The molecule has 0 spiro atoms. The van der Waals surface area contributed by atoms with Gasteiger partial charge in [0.15, 0.2) is 10.8 Å². The van der Waals surface area contributed by atoms with Gasteiger partial charge in [-0.2, -0.15) is 5.01 Å². The summed E-state index contributed by atoms with van der Waals surface area (Å²) in [5, 5.41) is 1.07. The molecule has 2 aromatic heterocycles. The van der Waals surface area contributed by atoms with Gasteiger partial charge in [-0.3, -0.25) is 4.40 Å². The minimum atomic E-state index is -0.764. The molecule has 2 heterocycles. The van der Waals surface area contributed by atoms with Crippen molar-refractivity contribution in [3.63, 3.8) is 0 Å². The number of anilines is 1. The van der Waals surface area contributed by atoms with Crippen LogP contribution >= 0.6 is 11.3 Å². The van der Waals surface area contributed by atoms with Crippen LogP contribution in [-0.2, 0) is 9.47 Å². The maximum absolute atomic E-state index is 12.9. The standard InChI is InChI=1S/C22H22N4O4S/c1-4-29-21(27)24-26(22(28)30-5-2)19-18(15-9-7-6-8-10-15)23-20-25(19)16-12-11-14(3)13-17(16)31-20/h6-13H,4-5H2,1-3H3,(H,24,27). The third-order valence-electron chi connectivity index (χ3n) is 4.57. The molecule has 0 unspecified atom stereocenters. The highest BCUT2D eigenvalue weighted by atomic mass is 32.1. The van der Waals surface area contributed by atoms with Gasteiger partial charge in [-0.1, -0.05) is 47.7 Å². The molecule has 0 radical (unpaired) electrons. The predicted octanol–water partition coefficient (Wildman–Crippen LogP) is 5.15. The molecule has 0 bridgehead atoms. The number of thiazole rings is 1. The van der Waals surface area contributed by atoms with Gasteiger partial charge in [0.2, 0.25) is 0 Å². The Kier molecular flexibility index (Phi) is 5.77. The van der Waals surface area contributed by atoms with E-state index in [1.54, 1.807) is 13.8 Å². The monoisotopic (exact) mass is 438 g/mol. The summed E-state index contributed by atoms with van der Waals surface area (Å²) in [6.07, 6.45) is -1.50. The number of nitrogens with one attached hydrogen (secondary N) is 1. The minimum absolute atomic E-state index is 0.145. The van der Waals surface area contributed by atoms with Crippen LogP contribution < -0.4 is 10.4 Å². The molecule has 2 aromatic carbocycles. The summed E-state index contributed by atoms with van der Waals surface area (Å²) in [7, 11) is 0. The first-order valence-electron chi connectivity index (χ1n) is 9.90. The Bertz CT molecular complexity index is 1250. The van der Waals surface area contributed by atoms with E-state index in [1.165, 1.54) is 11.3 Å². The molecule has 1 N–H and O–H groups in total. The van der Waals surface area contributed by atoms with Gasteiger partial charge >= 0.3 is 12.2 Å². The van der Waals surface area contributed by atoms with Gasteiger partial charge in [0.25, 0.3) is 0 Å². The van der Waals surface area contributed by atoms with Crippen molar-refractivity contribution < 1.29 is 19.1 Å². The van der Waals surface area contributed by atoms with E-state index < -0.39 is 12.2 Å². The summed E-state index contributed by atoms with van der Waals surface area (Å²) in [5.41, 5.74) is 5.84. The van der Waals surface area contributed by atoms with Crippen molar-refractivity contribution >= 4 is 44.5 Å². The zero-order valence-corrected chi connectivity index (χ0v) is 18.2. The van der Waals surface area contributed by atoms with E-state index in [-0.39, 0.29) is 13.2 Å². The van der Waals surface area contributed by atoms with Crippen LogP contribution in [-0.4, -0.2) is 34.8 Å². The number of carbonyl (C=O) groups excluding carboxylic acids is 2. The van der Waals surface area contributed by atoms with Crippen LogP contribution in [0, 0.1) is 6.92 Å². The quantitative estimate of drug-likeness (QED) is 0.446. The van der Waals surface area contributed by atoms with Crippen molar-refractivity contribution in [3.05, 3.63) is 54.1 Å². The molecule has 8 nitrogen and oxygen atoms in total. The van der Waals surface area contributed by atoms with Crippen LogP contribution in [0.25, 0.3) is 26.4 Å². The lowest BCUT2D eigenvalue weighted by Gasteiger charge is -2.22. The minimum Gasteiger partial charge on any atom is -0.449 e. The van der Waals surface area contributed by atoms with Crippen LogP contribution in [0.1, 0.15) is 19.4 Å². The number of aryl methyl sites for hydroxylation is 1. The molecule has 0 atom stereocenters. The highest BCUT2D eigenvalue weighted by molar-refractivity contribution is 7.23. The second-order valence-corrected chi connectivity index (χ2v) is 7.72. The molecule has 0 saturated heterocycles. The summed E-state index contributed by atoms with van der Waals surface area (Å²) < 4.78 is 13.1. The van der Waals surface area contributed by atoms with Gasteiger partial charge in [0.05, 0.1) is 23.4 Å². The fourth-order valence-corrected chi connectivity index (χ4v) is 4.41. The van der Waals surface area contributed by atoms with Crippen LogP contribution in [0.15, 0.2) is 48.5 Å². The molecule has 160 valence electrons. The van der Waals surface area contributed by atoms with Crippen molar-refractivity contribution in [1.82, 2.24) is 14.8 Å². The zero-order chi connectivity index (χ0) is 22.0. The number of nitrogens with zero attached hydrogens (tertiary/aromatic N) is 3. The van der Waals surface area contributed by atoms with E-state index in [4.69, 9.17) is 14.5 Å². The second kappa shape index (κ2) is 8.65. The van der Waals surface area contributed by atoms with Crippen LogP contribution in [0.4, 0.5) is 15.4 Å². The van der Waals surface area contributed by atoms with E-state index in [0.717, 1.165) is 26.4 Å². The molecule has 31 heavy (non-hydrogen) atoms. The van der Waals surface area contributed by atoms with Crippen LogP contribution in [0.3, 0.4) is 0 Å². The van der Waals surface area contributed by atoms with E-state index in [9.17, 15) is 9.59 Å². The molecular formula is C22H22N4O4S. The fourth-order valence-electron chi connectivity index (χ4n) is 3.29. The van der Waals surface area contributed by atoms with Crippen LogP contribution in [0.5, 0.6) is 0 Å². The molecule has 0 fully saturated rings. The first-order chi connectivity index (χ1) is 15.0. The fraction of sp³-hybridized carbons (Fsp3) is 0.227. The second-order valence-electron chi connectivity index (χ2n) is 6.71. The number of fused-ring (bicyclic) bond motifs is 3. The van der Waals surface area contributed by atoms with E-state index in [2.05, 4.69) is 11.5 Å². The van der Waals surface area contributed by atoms with E-state index >= 15 is 0 Å². The first kappa shape index (κ1) is 20.7. The number of hydrogen-bond donors (Lipinski definition) is 1. The van der Waals surface area contributed by atoms with Crippen LogP contribution in [0.2, 0.25) is 0 Å². The Morgan fingerprint density at radius 2 is 1.84 bits per heavy atom. The number of imidazole rings is 1. The van der Waals surface area contributed by atoms with Crippen molar-refractivity contribution in [2.24, 2.45) is 0 Å². The lowest BCUT2D eigenvalue weighted by atomic mass is 10.1. The highest BCUT2D eigenvalue weighted by Crippen LogP contribution is 2.38. The average molecular weight is 439 g/mol. The predicted molar refractivity (Wildman–Crippen MR) is 120 cm³/mol. The van der Waals surface area contributed by atoms with Gasteiger partial charge in [-0.05, 0) is 38.5 Å². The molecule has 0 aliphatic carbocycles. The number of carbonyl (C=O) groups is 2. The number of benzene rings is 2. The third-order valence-corrected chi connectivity index (χ3v) is 5.57. The maximum Gasteiger partial charge on any atom is 0.435 e. The number of hydrazine groups is 1. The Hall–Kier alpha value is -3.59. The Morgan fingerprint density at radius 3 is 2.55 bits per heavy atom. The smallest absolute Gasteiger partial charge is 0.435 e. The molecule has 0 aliphatic rings. The summed E-state index contributed by atoms with van der Waals surface area (Å²) in [4.78, 5) is 30.7. The number of ether oxygens (including phenoxy) is 2. The average Bonchev–Trinajstić information content (AvgIpc) is 3.28. The van der Waals surface area contributed by atoms with Crippen molar-refractivity contribution in [2.45, 2.75) is 20.8 Å². The summed E-state index contributed by atoms with van der Waals surface area (Å²) in [6, 6.07) is 15.5. The van der Waals surface area contributed by atoms with E-state index in [1.807, 2.05) is 53.8 Å². The number of amides is 2. The molecule has 2 amide bonds.